The maximum atomic E-state index is 5.70. The van der Waals surface area contributed by atoms with Gasteiger partial charge in [0.1, 0.15) is 12.0 Å². The van der Waals surface area contributed by atoms with Crippen molar-refractivity contribution in [2.24, 2.45) is 5.73 Å². The fourth-order valence-corrected chi connectivity index (χ4v) is 3.39. The van der Waals surface area contributed by atoms with E-state index in [9.17, 15) is 0 Å². The van der Waals surface area contributed by atoms with Crippen molar-refractivity contribution in [2.75, 3.05) is 0 Å². The van der Waals surface area contributed by atoms with E-state index >= 15 is 0 Å². The predicted octanol–water partition coefficient (Wildman–Crippen LogP) is 4.03. The summed E-state index contributed by atoms with van der Waals surface area (Å²) in [6, 6.07) is 18.7. The molecule has 0 bridgehead atoms. The van der Waals surface area contributed by atoms with Crippen molar-refractivity contribution < 1.29 is 0 Å². The van der Waals surface area contributed by atoms with Gasteiger partial charge < -0.3 is 10.7 Å². The summed E-state index contributed by atoms with van der Waals surface area (Å²) < 4.78 is 2.11. The van der Waals surface area contributed by atoms with E-state index in [0.717, 1.165) is 44.4 Å². The van der Waals surface area contributed by atoms with Crippen LogP contribution in [0.15, 0.2) is 73.3 Å². The molecule has 3 aromatic heterocycles. The fraction of sp³-hybridized carbons (Fsp3) is 0.0476. The molecule has 0 atom stereocenters. The van der Waals surface area contributed by atoms with Crippen molar-refractivity contribution in [1.29, 1.82) is 0 Å². The van der Waals surface area contributed by atoms with Crippen molar-refractivity contribution in [1.82, 2.24) is 19.5 Å². The molecule has 0 saturated carbocycles. The monoisotopic (exact) mass is 339 g/mol. The lowest BCUT2D eigenvalue weighted by atomic mass is 10.0. The molecule has 5 aromatic rings. The Kier molecular flexibility index (Phi) is 3.33. The summed E-state index contributed by atoms with van der Waals surface area (Å²) in [5.41, 5.74) is 13.1. The van der Waals surface area contributed by atoms with Crippen molar-refractivity contribution in [2.45, 2.75) is 6.54 Å². The third kappa shape index (κ3) is 2.29. The number of hydrogen-bond donors (Lipinski definition) is 2. The van der Waals surface area contributed by atoms with Gasteiger partial charge in [-0.05, 0) is 53.1 Å². The maximum absolute atomic E-state index is 5.70. The van der Waals surface area contributed by atoms with E-state index in [-0.39, 0.29) is 0 Å². The van der Waals surface area contributed by atoms with Crippen molar-refractivity contribution >= 4 is 22.1 Å². The number of hydrogen-bond acceptors (Lipinski definition) is 3. The normalized spacial score (nSPS) is 11.4. The summed E-state index contributed by atoms with van der Waals surface area (Å²) in [6.45, 7) is 0.545. The van der Waals surface area contributed by atoms with Crippen molar-refractivity contribution in [3.05, 3.63) is 78.9 Å². The van der Waals surface area contributed by atoms with E-state index in [4.69, 9.17) is 5.73 Å². The molecule has 5 heteroatoms. The number of H-pyrrole nitrogens is 1. The lowest BCUT2D eigenvalue weighted by Crippen LogP contribution is -1.97. The molecule has 126 valence electrons. The van der Waals surface area contributed by atoms with Crippen LogP contribution in [0.3, 0.4) is 0 Å². The quantitative estimate of drug-likeness (QED) is 0.521. The Morgan fingerprint density at radius 3 is 2.69 bits per heavy atom. The SMILES string of the molecule is NCc1ccc(-n2cnc3ccc(-c4ccnc5[nH]ccc45)cc32)cc1. The molecule has 0 aliphatic heterocycles. The van der Waals surface area contributed by atoms with Gasteiger partial charge in [0.05, 0.1) is 11.0 Å². The van der Waals surface area contributed by atoms with Crippen LogP contribution in [0.4, 0.5) is 0 Å². The van der Waals surface area contributed by atoms with Crippen LogP contribution < -0.4 is 5.73 Å². The topological polar surface area (TPSA) is 72.5 Å². The second-order valence-electron chi connectivity index (χ2n) is 6.29. The minimum absolute atomic E-state index is 0.545. The average molecular weight is 339 g/mol. The molecule has 3 N–H and O–H groups in total. The first-order valence-electron chi connectivity index (χ1n) is 8.52. The highest BCUT2D eigenvalue weighted by Crippen LogP contribution is 2.30. The number of nitrogens with zero attached hydrogens (tertiary/aromatic N) is 3. The second-order valence-corrected chi connectivity index (χ2v) is 6.29. The van der Waals surface area contributed by atoms with Crippen LogP contribution in [0.25, 0.3) is 38.9 Å². The van der Waals surface area contributed by atoms with E-state index in [2.05, 4.69) is 68.0 Å². The Labute approximate surface area is 150 Å². The Morgan fingerprint density at radius 2 is 1.85 bits per heavy atom. The van der Waals surface area contributed by atoms with Crippen LogP contribution in [0, 0.1) is 0 Å². The standard InChI is InChI=1S/C21H17N5/c22-12-14-1-4-16(5-2-14)26-13-25-19-6-3-15(11-20(19)26)17-7-9-23-21-18(17)8-10-24-21/h1-11,13H,12,22H2,(H,23,24). The number of aromatic nitrogens is 4. The highest BCUT2D eigenvalue weighted by Gasteiger charge is 2.10. The van der Waals surface area contributed by atoms with E-state index in [0.29, 0.717) is 6.54 Å². The van der Waals surface area contributed by atoms with Crippen LogP contribution >= 0.6 is 0 Å². The van der Waals surface area contributed by atoms with Gasteiger partial charge in [0.15, 0.2) is 0 Å². The first-order chi connectivity index (χ1) is 12.8. The zero-order chi connectivity index (χ0) is 17.5. The Morgan fingerprint density at radius 1 is 0.962 bits per heavy atom. The molecule has 2 aromatic carbocycles. The molecular weight excluding hydrogens is 322 g/mol. The molecule has 0 aliphatic carbocycles. The zero-order valence-corrected chi connectivity index (χ0v) is 14.1. The van der Waals surface area contributed by atoms with E-state index in [1.165, 1.54) is 0 Å². The molecule has 0 unspecified atom stereocenters. The lowest BCUT2D eigenvalue weighted by Gasteiger charge is -2.08. The molecule has 0 fully saturated rings. The second kappa shape index (κ2) is 5.82. The highest BCUT2D eigenvalue weighted by atomic mass is 15.0. The summed E-state index contributed by atoms with van der Waals surface area (Å²) >= 11 is 0. The summed E-state index contributed by atoms with van der Waals surface area (Å²) in [6.07, 6.45) is 5.62. The molecule has 0 amide bonds. The fourth-order valence-electron chi connectivity index (χ4n) is 3.39. The third-order valence-electron chi connectivity index (χ3n) is 4.77. The van der Waals surface area contributed by atoms with E-state index < -0.39 is 0 Å². The summed E-state index contributed by atoms with van der Waals surface area (Å²) in [5.74, 6) is 0. The Balaban J connectivity index is 1.68. The number of nitrogens with two attached hydrogens (primary N) is 1. The molecular formula is C21H17N5. The van der Waals surface area contributed by atoms with Crippen LogP contribution in [0.5, 0.6) is 0 Å². The number of aromatic amines is 1. The molecule has 0 saturated heterocycles. The molecule has 0 spiro atoms. The first-order valence-corrected chi connectivity index (χ1v) is 8.52. The van der Waals surface area contributed by atoms with Gasteiger partial charge in [-0.2, -0.15) is 0 Å². The number of benzene rings is 2. The lowest BCUT2D eigenvalue weighted by molar-refractivity contribution is 1.05. The highest BCUT2D eigenvalue weighted by molar-refractivity contribution is 5.95. The summed E-state index contributed by atoms with van der Waals surface area (Å²) in [4.78, 5) is 12.1. The minimum atomic E-state index is 0.545. The van der Waals surface area contributed by atoms with Gasteiger partial charge in [-0.3, -0.25) is 4.57 Å². The van der Waals surface area contributed by atoms with Crippen LogP contribution in [0.1, 0.15) is 5.56 Å². The van der Waals surface area contributed by atoms with Gasteiger partial charge in [0.25, 0.3) is 0 Å². The molecule has 3 heterocycles. The molecule has 5 rings (SSSR count). The Hall–Kier alpha value is -3.44. The average Bonchev–Trinajstić information content (AvgIpc) is 3.34. The van der Waals surface area contributed by atoms with Gasteiger partial charge in [-0.15, -0.1) is 0 Å². The van der Waals surface area contributed by atoms with Gasteiger partial charge in [0.2, 0.25) is 0 Å². The number of nitrogens with one attached hydrogen (secondary N) is 1. The van der Waals surface area contributed by atoms with Crippen LogP contribution in [0.2, 0.25) is 0 Å². The summed E-state index contributed by atoms with van der Waals surface area (Å²) in [7, 11) is 0. The smallest absolute Gasteiger partial charge is 0.137 e. The van der Waals surface area contributed by atoms with Crippen LogP contribution in [-0.4, -0.2) is 19.5 Å². The molecule has 5 nitrogen and oxygen atoms in total. The Bertz CT molecular complexity index is 1210. The number of pyridine rings is 1. The van der Waals surface area contributed by atoms with Gasteiger partial charge in [-0.25, -0.2) is 9.97 Å². The number of fused-ring (bicyclic) bond motifs is 2. The predicted molar refractivity (Wildman–Crippen MR) is 104 cm³/mol. The minimum Gasteiger partial charge on any atom is -0.346 e. The van der Waals surface area contributed by atoms with Crippen molar-refractivity contribution in [3.63, 3.8) is 0 Å². The first kappa shape index (κ1) is 14.9. The van der Waals surface area contributed by atoms with Crippen molar-refractivity contribution in [3.8, 4) is 16.8 Å². The van der Waals surface area contributed by atoms with Crippen LogP contribution in [-0.2, 0) is 6.54 Å². The van der Waals surface area contributed by atoms with Gasteiger partial charge in [0, 0.05) is 30.0 Å². The molecule has 26 heavy (non-hydrogen) atoms. The molecule has 0 radical (unpaired) electrons. The zero-order valence-electron chi connectivity index (χ0n) is 14.1. The van der Waals surface area contributed by atoms with E-state index in [1.54, 1.807) is 0 Å². The third-order valence-corrected chi connectivity index (χ3v) is 4.77. The number of rotatable bonds is 3. The van der Waals surface area contributed by atoms with Gasteiger partial charge >= 0.3 is 0 Å². The number of imidazole rings is 1. The van der Waals surface area contributed by atoms with Gasteiger partial charge in [-0.1, -0.05) is 18.2 Å². The molecule has 0 aliphatic rings. The maximum Gasteiger partial charge on any atom is 0.137 e. The van der Waals surface area contributed by atoms with E-state index in [1.807, 2.05) is 24.8 Å². The summed E-state index contributed by atoms with van der Waals surface area (Å²) in [5, 5.41) is 1.12. The largest absolute Gasteiger partial charge is 0.346 e.